The van der Waals surface area contributed by atoms with Crippen molar-refractivity contribution in [3.05, 3.63) is 0 Å². The Morgan fingerprint density at radius 2 is 2.00 bits per heavy atom. The van der Waals surface area contributed by atoms with Crippen molar-refractivity contribution >= 4 is 0 Å². The van der Waals surface area contributed by atoms with Crippen molar-refractivity contribution in [2.75, 3.05) is 13.1 Å². The van der Waals surface area contributed by atoms with Crippen LogP contribution >= 0.6 is 0 Å². The topological polar surface area (TPSA) is 15.3 Å². The molecule has 1 aliphatic rings. The van der Waals surface area contributed by atoms with E-state index in [1.54, 1.807) is 0 Å². The number of hydrogen-bond donors (Lipinski definition) is 1. The van der Waals surface area contributed by atoms with E-state index in [1.807, 2.05) is 0 Å². The molecule has 0 amide bonds. The molecule has 15 heavy (non-hydrogen) atoms. The molecule has 0 bridgehead atoms. The summed E-state index contributed by atoms with van der Waals surface area (Å²) in [5.74, 6) is 0. The fraction of sp³-hybridized carbons (Fsp3) is 1.00. The van der Waals surface area contributed by atoms with Crippen LogP contribution in [0.25, 0.3) is 0 Å². The number of rotatable bonds is 4. The van der Waals surface area contributed by atoms with Crippen LogP contribution in [0.4, 0.5) is 0 Å². The Labute approximate surface area is 95.4 Å². The summed E-state index contributed by atoms with van der Waals surface area (Å²) in [4.78, 5) is 2.69. The maximum atomic E-state index is 3.54. The molecule has 0 spiro atoms. The van der Waals surface area contributed by atoms with Gasteiger partial charge in [0.25, 0.3) is 0 Å². The SMILES string of the molecule is CCNC(C)C(C)N1CCCCCC1C. The quantitative estimate of drug-likeness (QED) is 0.770. The van der Waals surface area contributed by atoms with E-state index in [4.69, 9.17) is 0 Å². The molecule has 90 valence electrons. The van der Waals surface area contributed by atoms with Gasteiger partial charge in [0.15, 0.2) is 0 Å². The van der Waals surface area contributed by atoms with E-state index in [0.29, 0.717) is 12.1 Å². The molecule has 1 aliphatic heterocycles. The van der Waals surface area contributed by atoms with Gasteiger partial charge in [0.2, 0.25) is 0 Å². The first kappa shape index (κ1) is 13.0. The molecule has 2 heteroatoms. The van der Waals surface area contributed by atoms with E-state index in [-0.39, 0.29) is 0 Å². The van der Waals surface area contributed by atoms with Crippen molar-refractivity contribution in [2.24, 2.45) is 0 Å². The lowest BCUT2D eigenvalue weighted by molar-refractivity contribution is 0.131. The Morgan fingerprint density at radius 1 is 1.27 bits per heavy atom. The van der Waals surface area contributed by atoms with Crippen molar-refractivity contribution in [2.45, 2.75) is 71.5 Å². The zero-order valence-electron chi connectivity index (χ0n) is 10.9. The van der Waals surface area contributed by atoms with Crippen LogP contribution in [-0.4, -0.2) is 36.1 Å². The maximum absolute atomic E-state index is 3.54. The average Bonchev–Trinajstić information content (AvgIpc) is 2.42. The molecule has 3 atom stereocenters. The maximum Gasteiger partial charge on any atom is 0.0221 e. The van der Waals surface area contributed by atoms with Gasteiger partial charge in [0, 0.05) is 18.1 Å². The highest BCUT2D eigenvalue weighted by molar-refractivity contribution is 4.82. The fourth-order valence-electron chi connectivity index (χ4n) is 2.68. The summed E-state index contributed by atoms with van der Waals surface area (Å²) in [5, 5.41) is 3.54. The number of nitrogens with zero attached hydrogens (tertiary/aromatic N) is 1. The second kappa shape index (κ2) is 6.49. The van der Waals surface area contributed by atoms with Crippen molar-refractivity contribution in [3.8, 4) is 0 Å². The van der Waals surface area contributed by atoms with Gasteiger partial charge in [-0.25, -0.2) is 0 Å². The van der Waals surface area contributed by atoms with Crippen molar-refractivity contribution in [1.82, 2.24) is 10.2 Å². The molecule has 0 radical (unpaired) electrons. The van der Waals surface area contributed by atoms with E-state index in [0.717, 1.165) is 12.6 Å². The second-order valence-corrected chi connectivity index (χ2v) is 5.02. The van der Waals surface area contributed by atoms with Crippen LogP contribution in [0.15, 0.2) is 0 Å². The molecule has 1 N–H and O–H groups in total. The first-order valence-electron chi connectivity index (χ1n) is 6.66. The summed E-state index contributed by atoms with van der Waals surface area (Å²) in [6.45, 7) is 11.6. The zero-order chi connectivity index (χ0) is 11.3. The third-order valence-corrected chi connectivity index (χ3v) is 3.88. The fourth-order valence-corrected chi connectivity index (χ4v) is 2.68. The molecule has 0 aromatic heterocycles. The van der Waals surface area contributed by atoms with Crippen molar-refractivity contribution < 1.29 is 0 Å². The summed E-state index contributed by atoms with van der Waals surface area (Å²) >= 11 is 0. The number of hydrogen-bond acceptors (Lipinski definition) is 2. The monoisotopic (exact) mass is 212 g/mol. The minimum Gasteiger partial charge on any atom is -0.313 e. The van der Waals surface area contributed by atoms with Gasteiger partial charge < -0.3 is 5.32 Å². The summed E-state index contributed by atoms with van der Waals surface area (Å²) in [7, 11) is 0. The zero-order valence-corrected chi connectivity index (χ0v) is 10.9. The van der Waals surface area contributed by atoms with E-state index in [2.05, 4.69) is 37.9 Å². The molecule has 1 rings (SSSR count). The summed E-state index contributed by atoms with van der Waals surface area (Å²) < 4.78 is 0. The first-order valence-corrected chi connectivity index (χ1v) is 6.66. The Hall–Kier alpha value is -0.0800. The summed E-state index contributed by atoms with van der Waals surface area (Å²) in [6.07, 6.45) is 5.60. The third kappa shape index (κ3) is 3.76. The molecule has 0 aliphatic carbocycles. The predicted octanol–water partition coefficient (Wildman–Crippen LogP) is 2.64. The smallest absolute Gasteiger partial charge is 0.0221 e. The van der Waals surface area contributed by atoms with Crippen LogP contribution < -0.4 is 5.32 Å². The number of nitrogens with one attached hydrogen (secondary N) is 1. The normalized spacial score (nSPS) is 28.4. The van der Waals surface area contributed by atoms with Gasteiger partial charge in [0.05, 0.1) is 0 Å². The largest absolute Gasteiger partial charge is 0.313 e. The Morgan fingerprint density at radius 3 is 2.67 bits per heavy atom. The van der Waals surface area contributed by atoms with E-state index < -0.39 is 0 Å². The lowest BCUT2D eigenvalue weighted by atomic mass is 10.1. The minimum absolute atomic E-state index is 0.607. The van der Waals surface area contributed by atoms with Gasteiger partial charge in [0.1, 0.15) is 0 Å². The summed E-state index contributed by atoms with van der Waals surface area (Å²) in [5.41, 5.74) is 0. The Kier molecular flexibility index (Phi) is 5.62. The highest BCUT2D eigenvalue weighted by Gasteiger charge is 2.24. The molecule has 0 saturated carbocycles. The van der Waals surface area contributed by atoms with Gasteiger partial charge in [-0.05, 0) is 46.7 Å². The van der Waals surface area contributed by atoms with Crippen molar-refractivity contribution in [1.29, 1.82) is 0 Å². The highest BCUT2D eigenvalue weighted by atomic mass is 15.2. The molecule has 2 nitrogen and oxygen atoms in total. The second-order valence-electron chi connectivity index (χ2n) is 5.02. The molecule has 0 aromatic carbocycles. The van der Waals surface area contributed by atoms with Crippen LogP contribution in [0, 0.1) is 0 Å². The predicted molar refractivity (Wildman–Crippen MR) is 67.2 cm³/mol. The van der Waals surface area contributed by atoms with Gasteiger partial charge >= 0.3 is 0 Å². The van der Waals surface area contributed by atoms with Gasteiger partial charge in [-0.3, -0.25) is 4.90 Å². The average molecular weight is 212 g/mol. The molecular weight excluding hydrogens is 184 g/mol. The highest BCUT2D eigenvalue weighted by Crippen LogP contribution is 2.19. The van der Waals surface area contributed by atoms with Crippen LogP contribution in [0.1, 0.15) is 53.4 Å². The van der Waals surface area contributed by atoms with E-state index in [9.17, 15) is 0 Å². The van der Waals surface area contributed by atoms with Crippen molar-refractivity contribution in [3.63, 3.8) is 0 Å². The van der Waals surface area contributed by atoms with Gasteiger partial charge in [-0.1, -0.05) is 19.8 Å². The van der Waals surface area contributed by atoms with Gasteiger partial charge in [-0.2, -0.15) is 0 Å². The molecule has 1 fully saturated rings. The molecule has 3 unspecified atom stereocenters. The van der Waals surface area contributed by atoms with Crippen LogP contribution in [0.2, 0.25) is 0 Å². The standard InChI is InChI=1S/C13H28N2/c1-5-14-12(3)13(4)15-10-8-6-7-9-11(15)2/h11-14H,5-10H2,1-4H3. The number of likely N-dealkylation sites (N-methyl/N-ethyl adjacent to an activating group) is 1. The Balaban J connectivity index is 2.50. The molecule has 1 heterocycles. The molecule has 1 saturated heterocycles. The van der Waals surface area contributed by atoms with Crippen LogP contribution in [0.5, 0.6) is 0 Å². The van der Waals surface area contributed by atoms with Crippen LogP contribution in [-0.2, 0) is 0 Å². The lowest BCUT2D eigenvalue weighted by Gasteiger charge is -2.36. The van der Waals surface area contributed by atoms with Crippen LogP contribution in [0.3, 0.4) is 0 Å². The van der Waals surface area contributed by atoms with Gasteiger partial charge in [-0.15, -0.1) is 0 Å². The third-order valence-electron chi connectivity index (χ3n) is 3.88. The first-order chi connectivity index (χ1) is 7.16. The minimum atomic E-state index is 0.607. The van der Waals surface area contributed by atoms with E-state index in [1.165, 1.54) is 32.2 Å². The molecular formula is C13H28N2. The molecule has 0 aromatic rings. The summed E-state index contributed by atoms with van der Waals surface area (Å²) in [6, 6.07) is 2.04. The Bertz CT molecular complexity index is 170. The van der Waals surface area contributed by atoms with E-state index >= 15 is 0 Å². The number of likely N-dealkylation sites (tertiary alicyclic amines) is 1. The lowest BCUT2D eigenvalue weighted by Crippen LogP contribution is -2.50.